The van der Waals surface area contributed by atoms with Gasteiger partial charge in [0, 0.05) is 12.3 Å². The molecule has 2 aromatic rings. The monoisotopic (exact) mass is 407 g/mol. The molecular formula is C18H12F3N3O3S. The number of nitriles is 1. The van der Waals surface area contributed by atoms with Crippen molar-refractivity contribution in [3.8, 4) is 17.9 Å². The highest BCUT2D eigenvalue weighted by Crippen LogP contribution is 2.23. The van der Waals surface area contributed by atoms with Crippen LogP contribution in [0.5, 0.6) is 0 Å². The smallest absolute Gasteiger partial charge is 0.286 e. The Morgan fingerprint density at radius 1 is 1.43 bits per heavy atom. The second-order valence-electron chi connectivity index (χ2n) is 5.85. The van der Waals surface area contributed by atoms with Crippen molar-refractivity contribution >= 4 is 22.9 Å². The molecule has 1 aliphatic rings. The topological polar surface area (TPSA) is 84.1 Å². The van der Waals surface area contributed by atoms with Gasteiger partial charge in [-0.3, -0.25) is 9.59 Å². The molecule has 6 nitrogen and oxygen atoms in total. The zero-order valence-electron chi connectivity index (χ0n) is 14.2. The van der Waals surface area contributed by atoms with Crippen molar-refractivity contribution in [3.63, 3.8) is 0 Å². The van der Waals surface area contributed by atoms with Gasteiger partial charge in [-0.15, -0.1) is 11.3 Å². The number of amides is 1. The number of ether oxygens (including phenoxy) is 1. The van der Waals surface area contributed by atoms with Crippen LogP contribution in [-0.2, 0) is 11.3 Å². The van der Waals surface area contributed by atoms with Crippen LogP contribution >= 0.6 is 11.3 Å². The maximum atomic E-state index is 13.7. The summed E-state index contributed by atoms with van der Waals surface area (Å²) in [5, 5.41) is 11.5. The number of hydrogen-bond donors (Lipinski definition) is 1. The number of pyridine rings is 1. The predicted octanol–water partition coefficient (Wildman–Crippen LogP) is 2.44. The zero-order chi connectivity index (χ0) is 20.3. The Kier molecular flexibility index (Phi) is 5.83. The molecule has 0 spiro atoms. The van der Waals surface area contributed by atoms with Crippen LogP contribution in [0.25, 0.3) is 0 Å². The molecule has 1 N–H and O–H groups in total. The molecule has 1 aliphatic heterocycles. The summed E-state index contributed by atoms with van der Waals surface area (Å²) in [7, 11) is 0. The molecular weight excluding hydrogens is 395 g/mol. The Morgan fingerprint density at radius 3 is 2.79 bits per heavy atom. The molecule has 3 heterocycles. The standard InChI is InChI=1S/C18H12F3N3O3S/c19-13-4-12(6-24(18(13)26)7-16(20)21)23-17(25)14-3-11(15(5-22)28-14)2-1-10-8-27-9-10/h3-4,6,10,16H,7-9H2,(H,23,25). The number of aromatic nitrogens is 1. The van der Waals surface area contributed by atoms with Crippen LogP contribution in [0.15, 0.2) is 23.1 Å². The Balaban J connectivity index is 1.82. The Bertz CT molecular complexity index is 1070. The van der Waals surface area contributed by atoms with E-state index in [1.807, 2.05) is 6.07 Å². The Morgan fingerprint density at radius 2 is 2.18 bits per heavy atom. The average molecular weight is 407 g/mol. The number of nitrogens with zero attached hydrogens (tertiary/aromatic N) is 2. The molecule has 2 aromatic heterocycles. The van der Waals surface area contributed by atoms with E-state index in [9.17, 15) is 28.0 Å². The van der Waals surface area contributed by atoms with Gasteiger partial charge in [0.05, 0.1) is 41.8 Å². The minimum absolute atomic E-state index is 0.0857. The van der Waals surface area contributed by atoms with E-state index in [1.165, 1.54) is 6.07 Å². The van der Waals surface area contributed by atoms with E-state index in [1.54, 1.807) is 0 Å². The van der Waals surface area contributed by atoms with Gasteiger partial charge in [-0.2, -0.15) is 5.26 Å². The summed E-state index contributed by atoms with van der Waals surface area (Å²) in [6.45, 7) is 0.0418. The van der Waals surface area contributed by atoms with Gasteiger partial charge in [-0.25, -0.2) is 13.2 Å². The second-order valence-corrected chi connectivity index (χ2v) is 6.90. The van der Waals surface area contributed by atoms with Crippen LogP contribution in [0.1, 0.15) is 20.1 Å². The molecule has 0 radical (unpaired) electrons. The van der Waals surface area contributed by atoms with E-state index in [0.29, 0.717) is 23.3 Å². The molecule has 0 unspecified atom stereocenters. The molecule has 144 valence electrons. The number of thiophene rings is 1. The first kappa shape index (κ1) is 19.7. The lowest BCUT2D eigenvalue weighted by Crippen LogP contribution is -2.26. The first-order valence-electron chi connectivity index (χ1n) is 8.00. The van der Waals surface area contributed by atoms with Crippen molar-refractivity contribution in [1.82, 2.24) is 4.57 Å². The molecule has 1 saturated heterocycles. The van der Waals surface area contributed by atoms with Crippen molar-refractivity contribution < 1.29 is 22.7 Å². The minimum Gasteiger partial charge on any atom is -0.379 e. The molecule has 3 rings (SSSR count). The Hall–Kier alpha value is -3.08. The summed E-state index contributed by atoms with van der Waals surface area (Å²) in [6, 6.07) is 4.13. The fraction of sp³-hybridized carbons (Fsp3) is 0.278. The maximum absolute atomic E-state index is 13.7. The van der Waals surface area contributed by atoms with E-state index in [4.69, 9.17) is 4.74 Å². The fourth-order valence-electron chi connectivity index (χ4n) is 2.32. The van der Waals surface area contributed by atoms with Crippen molar-refractivity contribution in [1.29, 1.82) is 5.26 Å². The lowest BCUT2D eigenvalue weighted by atomic mass is 10.1. The van der Waals surface area contributed by atoms with E-state index in [2.05, 4.69) is 17.2 Å². The van der Waals surface area contributed by atoms with Crippen molar-refractivity contribution in [2.45, 2.75) is 13.0 Å². The minimum atomic E-state index is -2.86. The van der Waals surface area contributed by atoms with Crippen LogP contribution in [0.4, 0.5) is 18.9 Å². The van der Waals surface area contributed by atoms with Gasteiger partial charge in [0.1, 0.15) is 10.9 Å². The maximum Gasteiger partial charge on any atom is 0.286 e. The first-order valence-corrected chi connectivity index (χ1v) is 8.81. The molecule has 1 amide bonds. The van der Waals surface area contributed by atoms with Crippen LogP contribution in [-0.4, -0.2) is 30.1 Å². The highest BCUT2D eigenvalue weighted by Gasteiger charge is 2.18. The number of carbonyl (C=O) groups excluding carboxylic acids is 1. The highest BCUT2D eigenvalue weighted by molar-refractivity contribution is 7.14. The molecule has 0 bridgehead atoms. The summed E-state index contributed by atoms with van der Waals surface area (Å²) in [5.74, 6) is 3.92. The van der Waals surface area contributed by atoms with E-state index in [0.717, 1.165) is 23.6 Å². The van der Waals surface area contributed by atoms with Crippen LogP contribution < -0.4 is 10.9 Å². The van der Waals surface area contributed by atoms with Gasteiger partial charge >= 0.3 is 0 Å². The van der Waals surface area contributed by atoms with Gasteiger partial charge in [0.25, 0.3) is 17.9 Å². The number of carbonyl (C=O) groups is 1. The van der Waals surface area contributed by atoms with Crippen molar-refractivity contribution in [2.24, 2.45) is 5.92 Å². The highest BCUT2D eigenvalue weighted by atomic mass is 32.1. The molecule has 0 saturated carbocycles. The molecule has 0 aromatic carbocycles. The number of anilines is 1. The third-order valence-electron chi connectivity index (χ3n) is 3.74. The van der Waals surface area contributed by atoms with Gasteiger partial charge < -0.3 is 14.6 Å². The second kappa shape index (κ2) is 8.30. The SMILES string of the molecule is N#Cc1sc(C(=O)Nc2cc(F)c(=O)n(CC(F)F)c2)cc1C#CC1COC1. The van der Waals surface area contributed by atoms with Crippen LogP contribution in [0, 0.1) is 34.9 Å². The third kappa shape index (κ3) is 4.42. The summed E-state index contributed by atoms with van der Waals surface area (Å²) in [5.41, 5.74) is -0.981. The third-order valence-corrected chi connectivity index (χ3v) is 4.78. The number of rotatable bonds is 4. The summed E-state index contributed by atoms with van der Waals surface area (Å²) < 4.78 is 44.2. The van der Waals surface area contributed by atoms with Gasteiger partial charge in [-0.1, -0.05) is 11.8 Å². The Labute approximate surface area is 161 Å². The molecule has 28 heavy (non-hydrogen) atoms. The van der Waals surface area contributed by atoms with Crippen molar-refractivity contribution in [2.75, 3.05) is 18.5 Å². The summed E-state index contributed by atoms with van der Waals surface area (Å²) in [4.78, 5) is 24.3. The van der Waals surface area contributed by atoms with Gasteiger partial charge in [0.2, 0.25) is 0 Å². The van der Waals surface area contributed by atoms with E-state index >= 15 is 0 Å². The molecule has 10 heteroatoms. The number of alkyl halides is 2. The molecule has 1 fully saturated rings. The number of nitrogens with one attached hydrogen (secondary N) is 1. The number of hydrogen-bond acceptors (Lipinski definition) is 5. The lowest BCUT2D eigenvalue weighted by Gasteiger charge is -2.19. The predicted molar refractivity (Wildman–Crippen MR) is 94.8 cm³/mol. The molecule has 0 aliphatic carbocycles. The summed E-state index contributed by atoms with van der Waals surface area (Å²) in [6.07, 6.45) is -1.92. The van der Waals surface area contributed by atoms with E-state index in [-0.39, 0.29) is 21.4 Å². The normalized spacial score (nSPS) is 13.4. The van der Waals surface area contributed by atoms with E-state index < -0.39 is 30.3 Å². The van der Waals surface area contributed by atoms with Crippen LogP contribution in [0.3, 0.4) is 0 Å². The summed E-state index contributed by atoms with van der Waals surface area (Å²) >= 11 is 0.897. The van der Waals surface area contributed by atoms with Crippen molar-refractivity contribution in [3.05, 3.63) is 49.8 Å². The molecule has 0 atom stereocenters. The first-order chi connectivity index (χ1) is 13.4. The largest absolute Gasteiger partial charge is 0.379 e. The quantitative estimate of drug-likeness (QED) is 0.789. The lowest BCUT2D eigenvalue weighted by molar-refractivity contribution is -0.00300. The average Bonchev–Trinajstić information content (AvgIpc) is 3.01. The van der Waals surface area contributed by atoms with Gasteiger partial charge in [-0.05, 0) is 6.07 Å². The van der Waals surface area contributed by atoms with Gasteiger partial charge in [0.15, 0.2) is 5.82 Å². The number of halogens is 3. The fourth-order valence-corrected chi connectivity index (χ4v) is 3.13. The zero-order valence-corrected chi connectivity index (χ0v) is 15.0. The van der Waals surface area contributed by atoms with Crippen LogP contribution in [0.2, 0.25) is 0 Å².